The van der Waals surface area contributed by atoms with Crippen molar-refractivity contribution in [2.45, 2.75) is 25.6 Å². The van der Waals surface area contributed by atoms with Gasteiger partial charge in [0, 0.05) is 13.0 Å². The first-order valence-corrected chi connectivity index (χ1v) is 10.9. The van der Waals surface area contributed by atoms with E-state index in [-0.39, 0.29) is 12.5 Å². The number of carbonyl (C=O) groups excluding carboxylic acids is 2. The Morgan fingerprint density at radius 2 is 1.33 bits per heavy atom. The number of carbonyl (C=O) groups is 2. The Labute approximate surface area is 193 Å². The summed E-state index contributed by atoms with van der Waals surface area (Å²) in [6, 6.07) is 32.4. The molecule has 0 bridgehead atoms. The Morgan fingerprint density at radius 1 is 0.697 bits per heavy atom. The number of rotatable bonds is 8. The second kappa shape index (κ2) is 11.0. The molecule has 0 fully saturated rings. The summed E-state index contributed by atoms with van der Waals surface area (Å²) in [5, 5.41) is 7.89. The number of alkyl carbamates (subject to hydrolysis) is 1. The lowest BCUT2D eigenvalue weighted by Gasteiger charge is -2.19. The minimum Gasteiger partial charge on any atom is -0.445 e. The fourth-order valence-electron chi connectivity index (χ4n) is 3.63. The minimum absolute atomic E-state index is 0.140. The van der Waals surface area contributed by atoms with Gasteiger partial charge in [-0.1, -0.05) is 103 Å². The first-order chi connectivity index (χ1) is 16.2. The number of hydrogen-bond donors (Lipinski definition) is 2. The van der Waals surface area contributed by atoms with Crippen LogP contribution in [0, 0.1) is 0 Å². The molecule has 0 aliphatic rings. The molecule has 33 heavy (non-hydrogen) atoms. The van der Waals surface area contributed by atoms with E-state index in [9.17, 15) is 9.59 Å². The van der Waals surface area contributed by atoms with Gasteiger partial charge in [0.2, 0.25) is 5.91 Å². The van der Waals surface area contributed by atoms with Crippen LogP contribution in [0.2, 0.25) is 0 Å². The number of fused-ring (bicyclic) bond motifs is 1. The van der Waals surface area contributed by atoms with Crippen LogP contribution in [0.3, 0.4) is 0 Å². The van der Waals surface area contributed by atoms with E-state index in [0.29, 0.717) is 13.0 Å². The third kappa shape index (κ3) is 6.43. The Hall–Kier alpha value is -4.12. The molecule has 0 aliphatic heterocycles. The smallest absolute Gasteiger partial charge is 0.408 e. The largest absolute Gasteiger partial charge is 0.445 e. The van der Waals surface area contributed by atoms with E-state index >= 15 is 0 Å². The topological polar surface area (TPSA) is 67.4 Å². The van der Waals surface area contributed by atoms with Crippen LogP contribution in [0.25, 0.3) is 10.8 Å². The first-order valence-electron chi connectivity index (χ1n) is 10.9. The summed E-state index contributed by atoms with van der Waals surface area (Å²) in [7, 11) is 0. The summed E-state index contributed by atoms with van der Waals surface area (Å²) in [5.74, 6) is -0.260. The molecule has 2 N–H and O–H groups in total. The quantitative estimate of drug-likeness (QED) is 0.407. The van der Waals surface area contributed by atoms with Crippen molar-refractivity contribution in [3.05, 3.63) is 120 Å². The fourth-order valence-corrected chi connectivity index (χ4v) is 3.63. The lowest BCUT2D eigenvalue weighted by Crippen LogP contribution is -2.48. The van der Waals surface area contributed by atoms with Gasteiger partial charge >= 0.3 is 6.09 Å². The Bertz CT molecular complexity index is 1210. The Morgan fingerprint density at radius 3 is 2.06 bits per heavy atom. The number of nitrogens with one attached hydrogen (secondary N) is 2. The van der Waals surface area contributed by atoms with Gasteiger partial charge in [-0.05, 0) is 27.5 Å². The van der Waals surface area contributed by atoms with Crippen LogP contribution in [0.1, 0.15) is 16.7 Å². The molecule has 4 rings (SSSR count). The van der Waals surface area contributed by atoms with Crippen LogP contribution in [0.15, 0.2) is 103 Å². The van der Waals surface area contributed by atoms with Crippen LogP contribution in [-0.2, 0) is 29.1 Å². The number of ether oxygens (including phenoxy) is 1. The third-order valence-corrected chi connectivity index (χ3v) is 5.38. The van der Waals surface area contributed by atoms with Gasteiger partial charge < -0.3 is 15.4 Å². The van der Waals surface area contributed by atoms with Gasteiger partial charge in [0.1, 0.15) is 12.6 Å². The zero-order valence-corrected chi connectivity index (χ0v) is 18.2. The second-order valence-corrected chi connectivity index (χ2v) is 7.85. The number of hydrogen-bond acceptors (Lipinski definition) is 3. The van der Waals surface area contributed by atoms with E-state index in [2.05, 4.69) is 10.6 Å². The molecule has 0 heterocycles. The van der Waals surface area contributed by atoms with Crippen LogP contribution in [-0.4, -0.2) is 18.0 Å². The van der Waals surface area contributed by atoms with Crippen molar-refractivity contribution in [1.29, 1.82) is 0 Å². The standard InChI is InChI=1S/C28H26N2O3/c31-27(29-19-21-9-3-1-4-10-21)26(30-28(32)33-20-22-11-5-2-6-12-22)18-23-15-16-24-13-7-8-14-25(24)17-23/h1-17,26H,18-20H2,(H,29,31)(H,30,32)/t26-/m1/s1. The molecular weight excluding hydrogens is 412 g/mol. The van der Waals surface area contributed by atoms with Gasteiger partial charge in [0.05, 0.1) is 0 Å². The molecule has 166 valence electrons. The molecule has 0 radical (unpaired) electrons. The van der Waals surface area contributed by atoms with Crippen molar-refractivity contribution in [3.8, 4) is 0 Å². The van der Waals surface area contributed by atoms with Crippen LogP contribution >= 0.6 is 0 Å². The lowest BCUT2D eigenvalue weighted by molar-refractivity contribution is -0.123. The Balaban J connectivity index is 1.44. The summed E-state index contributed by atoms with van der Waals surface area (Å²) >= 11 is 0. The number of amides is 2. The molecule has 0 unspecified atom stereocenters. The molecule has 0 aliphatic carbocycles. The molecule has 2 amide bonds. The van der Waals surface area contributed by atoms with Crippen molar-refractivity contribution in [1.82, 2.24) is 10.6 Å². The van der Waals surface area contributed by atoms with Gasteiger partial charge in [-0.15, -0.1) is 0 Å². The van der Waals surface area contributed by atoms with Crippen LogP contribution < -0.4 is 10.6 Å². The highest BCUT2D eigenvalue weighted by Gasteiger charge is 2.22. The van der Waals surface area contributed by atoms with E-state index in [1.54, 1.807) is 0 Å². The minimum atomic E-state index is -0.766. The summed E-state index contributed by atoms with van der Waals surface area (Å²) in [4.78, 5) is 25.5. The molecule has 0 saturated carbocycles. The maximum absolute atomic E-state index is 13.0. The summed E-state index contributed by atoms with van der Waals surface area (Å²) < 4.78 is 5.35. The molecule has 4 aromatic rings. The predicted octanol–water partition coefficient (Wildman–Crippen LogP) is 4.99. The van der Waals surface area contributed by atoms with Crippen molar-refractivity contribution in [3.63, 3.8) is 0 Å². The van der Waals surface area contributed by atoms with Crippen molar-refractivity contribution >= 4 is 22.8 Å². The molecule has 0 aromatic heterocycles. The van der Waals surface area contributed by atoms with E-state index in [0.717, 1.165) is 27.5 Å². The normalized spacial score (nSPS) is 11.5. The molecule has 1 atom stereocenters. The highest BCUT2D eigenvalue weighted by molar-refractivity contribution is 5.87. The van der Waals surface area contributed by atoms with E-state index < -0.39 is 12.1 Å². The van der Waals surface area contributed by atoms with Crippen molar-refractivity contribution in [2.24, 2.45) is 0 Å². The number of benzene rings is 4. The molecule has 4 aromatic carbocycles. The van der Waals surface area contributed by atoms with Gasteiger partial charge in [-0.25, -0.2) is 4.79 Å². The highest BCUT2D eigenvalue weighted by Crippen LogP contribution is 2.17. The average Bonchev–Trinajstić information content (AvgIpc) is 2.87. The van der Waals surface area contributed by atoms with Gasteiger partial charge in [0.15, 0.2) is 0 Å². The van der Waals surface area contributed by atoms with Crippen LogP contribution in [0.4, 0.5) is 4.79 Å². The van der Waals surface area contributed by atoms with Gasteiger partial charge in [-0.2, -0.15) is 0 Å². The van der Waals surface area contributed by atoms with Gasteiger partial charge in [0.25, 0.3) is 0 Å². The van der Waals surface area contributed by atoms with Crippen molar-refractivity contribution in [2.75, 3.05) is 0 Å². The fraction of sp³-hybridized carbons (Fsp3) is 0.143. The molecule has 0 saturated heterocycles. The van der Waals surface area contributed by atoms with Crippen LogP contribution in [0.5, 0.6) is 0 Å². The summed E-state index contributed by atoms with van der Waals surface area (Å²) in [5.41, 5.74) is 2.83. The van der Waals surface area contributed by atoms with E-state index in [4.69, 9.17) is 4.74 Å². The molecular formula is C28H26N2O3. The zero-order valence-electron chi connectivity index (χ0n) is 18.2. The summed E-state index contributed by atoms with van der Waals surface area (Å²) in [6.07, 6.45) is -0.272. The molecule has 0 spiro atoms. The zero-order chi connectivity index (χ0) is 22.9. The maximum Gasteiger partial charge on any atom is 0.408 e. The monoisotopic (exact) mass is 438 g/mol. The highest BCUT2D eigenvalue weighted by atomic mass is 16.5. The predicted molar refractivity (Wildman–Crippen MR) is 129 cm³/mol. The maximum atomic E-state index is 13.0. The lowest BCUT2D eigenvalue weighted by atomic mass is 10.0. The van der Waals surface area contributed by atoms with Crippen molar-refractivity contribution < 1.29 is 14.3 Å². The second-order valence-electron chi connectivity index (χ2n) is 7.85. The molecule has 5 nitrogen and oxygen atoms in total. The van der Waals surface area contributed by atoms with E-state index in [1.807, 2.05) is 103 Å². The molecule has 5 heteroatoms. The first kappa shape index (κ1) is 22.1. The average molecular weight is 439 g/mol. The SMILES string of the molecule is O=C(N[C@H](Cc1ccc2ccccc2c1)C(=O)NCc1ccccc1)OCc1ccccc1. The van der Waals surface area contributed by atoms with Gasteiger partial charge in [-0.3, -0.25) is 4.79 Å². The summed E-state index contributed by atoms with van der Waals surface area (Å²) in [6.45, 7) is 0.523. The Kier molecular flexibility index (Phi) is 7.33. The van der Waals surface area contributed by atoms with E-state index in [1.165, 1.54) is 0 Å². The third-order valence-electron chi connectivity index (χ3n) is 5.38.